The van der Waals surface area contributed by atoms with Gasteiger partial charge in [-0.2, -0.15) is 0 Å². The van der Waals surface area contributed by atoms with Gasteiger partial charge in [-0.25, -0.2) is 4.98 Å². The molecule has 0 saturated carbocycles. The molecule has 1 aromatic carbocycles. The smallest absolute Gasteiger partial charge is 0.209 e. The molecule has 0 radical (unpaired) electrons. The van der Waals surface area contributed by atoms with Crippen molar-refractivity contribution in [2.75, 3.05) is 19.6 Å². The number of hydrogen-bond donors (Lipinski definition) is 1. The van der Waals surface area contributed by atoms with Gasteiger partial charge in [0.1, 0.15) is 0 Å². The third kappa shape index (κ3) is 3.52. The third-order valence-corrected chi connectivity index (χ3v) is 4.18. The topological polar surface area (TPSA) is 41.3 Å². The summed E-state index contributed by atoms with van der Waals surface area (Å²) in [6.07, 6.45) is 4.25. The molecule has 1 saturated heterocycles. The number of aromatic nitrogens is 1. The van der Waals surface area contributed by atoms with Gasteiger partial charge < -0.3 is 9.73 Å². The van der Waals surface area contributed by atoms with E-state index < -0.39 is 0 Å². The van der Waals surface area contributed by atoms with E-state index in [-0.39, 0.29) is 0 Å². The molecule has 1 N–H and O–H groups in total. The van der Waals surface area contributed by atoms with Crippen molar-refractivity contribution in [3.8, 4) is 11.3 Å². The molecule has 0 unspecified atom stereocenters. The van der Waals surface area contributed by atoms with E-state index in [1.165, 1.54) is 12.8 Å². The minimum absolute atomic E-state index is 0.642. The molecule has 0 amide bonds. The second kappa shape index (κ2) is 6.87. The standard InChI is InChI=1S/C17H23N3O/c1-2-20(15-8-10-18-11-9-15)13-17-19-12-16(21-17)14-6-4-3-5-7-14/h3-7,12,15,18H,2,8-11,13H2,1H3. The lowest BCUT2D eigenvalue weighted by molar-refractivity contribution is 0.149. The highest BCUT2D eigenvalue weighted by molar-refractivity contribution is 5.55. The second-order valence-corrected chi connectivity index (χ2v) is 5.53. The second-order valence-electron chi connectivity index (χ2n) is 5.53. The zero-order valence-electron chi connectivity index (χ0n) is 12.6. The lowest BCUT2D eigenvalue weighted by atomic mass is 10.0. The van der Waals surface area contributed by atoms with Crippen LogP contribution in [0.4, 0.5) is 0 Å². The van der Waals surface area contributed by atoms with E-state index >= 15 is 0 Å². The summed E-state index contributed by atoms with van der Waals surface area (Å²) in [7, 11) is 0. The van der Waals surface area contributed by atoms with Crippen molar-refractivity contribution in [2.24, 2.45) is 0 Å². The van der Waals surface area contributed by atoms with Crippen LogP contribution in [0.25, 0.3) is 11.3 Å². The average Bonchev–Trinajstić information content (AvgIpc) is 3.03. The molecule has 0 aliphatic carbocycles. The van der Waals surface area contributed by atoms with Crippen LogP contribution in [0.3, 0.4) is 0 Å². The van der Waals surface area contributed by atoms with Gasteiger partial charge in [-0.3, -0.25) is 4.90 Å². The Kier molecular flexibility index (Phi) is 4.68. The van der Waals surface area contributed by atoms with Gasteiger partial charge in [-0.05, 0) is 32.5 Å². The van der Waals surface area contributed by atoms with E-state index in [0.29, 0.717) is 6.04 Å². The van der Waals surface area contributed by atoms with Gasteiger partial charge in [-0.1, -0.05) is 37.3 Å². The highest BCUT2D eigenvalue weighted by Crippen LogP contribution is 2.21. The van der Waals surface area contributed by atoms with Crippen LogP contribution in [0, 0.1) is 0 Å². The van der Waals surface area contributed by atoms with E-state index in [4.69, 9.17) is 4.42 Å². The van der Waals surface area contributed by atoms with Crippen LogP contribution < -0.4 is 5.32 Å². The Morgan fingerprint density at radius 1 is 1.24 bits per heavy atom. The van der Waals surface area contributed by atoms with Crippen molar-refractivity contribution in [3.63, 3.8) is 0 Å². The zero-order chi connectivity index (χ0) is 14.5. The molecule has 4 heteroatoms. The van der Waals surface area contributed by atoms with Crippen molar-refractivity contribution in [1.82, 2.24) is 15.2 Å². The first-order chi connectivity index (χ1) is 10.4. The number of hydrogen-bond acceptors (Lipinski definition) is 4. The van der Waals surface area contributed by atoms with E-state index in [9.17, 15) is 0 Å². The minimum Gasteiger partial charge on any atom is -0.439 e. The largest absolute Gasteiger partial charge is 0.439 e. The molecule has 0 atom stereocenters. The van der Waals surface area contributed by atoms with E-state index in [1.54, 1.807) is 0 Å². The first kappa shape index (κ1) is 14.3. The summed E-state index contributed by atoms with van der Waals surface area (Å²) in [5.74, 6) is 1.67. The molecule has 2 aromatic rings. The SMILES string of the molecule is CCN(Cc1ncc(-c2ccccc2)o1)C1CCNCC1. The highest BCUT2D eigenvalue weighted by atomic mass is 16.4. The Hall–Kier alpha value is -1.65. The fourth-order valence-corrected chi connectivity index (χ4v) is 2.96. The Balaban J connectivity index is 1.68. The van der Waals surface area contributed by atoms with Crippen LogP contribution in [0.15, 0.2) is 40.9 Å². The number of nitrogens with zero attached hydrogens (tertiary/aromatic N) is 2. The average molecular weight is 285 g/mol. The van der Waals surface area contributed by atoms with Gasteiger partial charge in [0.25, 0.3) is 0 Å². The summed E-state index contributed by atoms with van der Waals surface area (Å²) in [4.78, 5) is 6.92. The normalized spacial score (nSPS) is 16.5. The first-order valence-electron chi connectivity index (χ1n) is 7.81. The minimum atomic E-state index is 0.642. The fraction of sp³-hybridized carbons (Fsp3) is 0.471. The summed E-state index contributed by atoms with van der Waals surface area (Å²) in [5.41, 5.74) is 1.08. The molecule has 4 nitrogen and oxygen atoms in total. The lowest BCUT2D eigenvalue weighted by Crippen LogP contribution is -2.42. The molecule has 112 valence electrons. The van der Waals surface area contributed by atoms with Gasteiger partial charge in [0, 0.05) is 11.6 Å². The number of oxazole rings is 1. The molecule has 2 heterocycles. The van der Waals surface area contributed by atoms with Gasteiger partial charge in [0.15, 0.2) is 5.76 Å². The van der Waals surface area contributed by atoms with Gasteiger partial charge in [0.05, 0.1) is 12.7 Å². The van der Waals surface area contributed by atoms with Crippen LogP contribution in [0.2, 0.25) is 0 Å². The molecular weight excluding hydrogens is 262 g/mol. The fourth-order valence-electron chi connectivity index (χ4n) is 2.96. The molecule has 1 aliphatic heterocycles. The summed E-state index contributed by atoms with van der Waals surface area (Å²) in [6.45, 7) is 6.27. The molecule has 1 fully saturated rings. The Morgan fingerprint density at radius 3 is 2.71 bits per heavy atom. The number of piperidine rings is 1. The summed E-state index contributed by atoms with van der Waals surface area (Å²) in [5, 5.41) is 3.42. The van der Waals surface area contributed by atoms with Crippen molar-refractivity contribution in [2.45, 2.75) is 32.4 Å². The lowest BCUT2D eigenvalue weighted by Gasteiger charge is -2.32. The Morgan fingerprint density at radius 2 is 2.00 bits per heavy atom. The van der Waals surface area contributed by atoms with Crippen molar-refractivity contribution >= 4 is 0 Å². The molecule has 1 aromatic heterocycles. The van der Waals surface area contributed by atoms with Crippen molar-refractivity contribution < 1.29 is 4.42 Å². The predicted octanol–water partition coefficient (Wildman–Crippen LogP) is 2.92. The quantitative estimate of drug-likeness (QED) is 0.917. The maximum Gasteiger partial charge on any atom is 0.209 e. The van der Waals surface area contributed by atoms with Crippen LogP contribution in [-0.2, 0) is 6.54 Å². The maximum atomic E-state index is 5.92. The maximum absolute atomic E-state index is 5.92. The zero-order valence-corrected chi connectivity index (χ0v) is 12.6. The molecule has 0 bridgehead atoms. The molecule has 3 rings (SSSR count). The van der Waals surface area contributed by atoms with Crippen molar-refractivity contribution in [3.05, 3.63) is 42.4 Å². The van der Waals surface area contributed by atoms with Crippen molar-refractivity contribution in [1.29, 1.82) is 0 Å². The van der Waals surface area contributed by atoms with Crippen LogP contribution in [0.1, 0.15) is 25.7 Å². The van der Waals surface area contributed by atoms with Crippen LogP contribution >= 0.6 is 0 Å². The molecule has 0 spiro atoms. The van der Waals surface area contributed by atoms with E-state index in [1.807, 2.05) is 24.4 Å². The van der Waals surface area contributed by atoms with Gasteiger partial charge in [-0.15, -0.1) is 0 Å². The predicted molar refractivity (Wildman–Crippen MR) is 83.9 cm³/mol. The summed E-state index contributed by atoms with van der Waals surface area (Å²) >= 11 is 0. The summed E-state index contributed by atoms with van der Waals surface area (Å²) in [6, 6.07) is 10.8. The summed E-state index contributed by atoms with van der Waals surface area (Å²) < 4.78 is 5.92. The number of nitrogens with one attached hydrogen (secondary N) is 1. The van der Waals surface area contributed by atoms with Crippen LogP contribution in [-0.4, -0.2) is 35.6 Å². The number of rotatable bonds is 5. The molecule has 1 aliphatic rings. The first-order valence-corrected chi connectivity index (χ1v) is 7.81. The Labute approximate surface area is 126 Å². The van der Waals surface area contributed by atoms with Gasteiger partial charge in [0.2, 0.25) is 5.89 Å². The Bertz CT molecular complexity index is 546. The van der Waals surface area contributed by atoms with E-state index in [0.717, 1.165) is 43.4 Å². The molecule has 21 heavy (non-hydrogen) atoms. The highest BCUT2D eigenvalue weighted by Gasteiger charge is 2.21. The van der Waals surface area contributed by atoms with E-state index in [2.05, 4.69) is 34.3 Å². The third-order valence-electron chi connectivity index (χ3n) is 4.18. The van der Waals surface area contributed by atoms with Crippen LogP contribution in [0.5, 0.6) is 0 Å². The molecular formula is C17H23N3O. The number of benzene rings is 1. The van der Waals surface area contributed by atoms with Gasteiger partial charge >= 0.3 is 0 Å². The monoisotopic (exact) mass is 285 g/mol.